The van der Waals surface area contributed by atoms with Crippen LogP contribution in [0.4, 0.5) is 11.5 Å². The predicted molar refractivity (Wildman–Crippen MR) is 68.1 cm³/mol. The maximum absolute atomic E-state index is 11.0. The van der Waals surface area contributed by atoms with Crippen molar-refractivity contribution in [1.29, 1.82) is 5.26 Å². The summed E-state index contributed by atoms with van der Waals surface area (Å²) >= 11 is 0. The molecule has 7 heteroatoms. The van der Waals surface area contributed by atoms with E-state index >= 15 is 0 Å². The molecule has 1 aromatic heterocycles. The second-order valence-corrected chi connectivity index (χ2v) is 4.34. The summed E-state index contributed by atoms with van der Waals surface area (Å²) in [7, 11) is 0. The molecule has 19 heavy (non-hydrogen) atoms. The van der Waals surface area contributed by atoms with E-state index in [0.29, 0.717) is 43.4 Å². The van der Waals surface area contributed by atoms with Crippen LogP contribution in [0.3, 0.4) is 0 Å². The van der Waals surface area contributed by atoms with E-state index in [0.717, 1.165) is 0 Å². The van der Waals surface area contributed by atoms with Crippen LogP contribution in [-0.4, -0.2) is 36.2 Å². The van der Waals surface area contributed by atoms with E-state index in [1.807, 2.05) is 11.0 Å². The lowest BCUT2D eigenvalue weighted by Crippen LogP contribution is -2.37. The number of nitrogens with zero attached hydrogens (tertiary/aromatic N) is 4. The van der Waals surface area contributed by atoms with Crippen LogP contribution in [0.5, 0.6) is 0 Å². The molecule has 1 aliphatic rings. The Labute approximate surface area is 110 Å². The number of aryl methyl sites for hydroxylation is 1. The summed E-state index contributed by atoms with van der Waals surface area (Å²) < 4.78 is 5.26. The molecule has 1 saturated heterocycles. The Hall–Kier alpha value is -2.20. The van der Waals surface area contributed by atoms with Gasteiger partial charge in [0.25, 0.3) is 5.69 Å². The van der Waals surface area contributed by atoms with Gasteiger partial charge in [-0.15, -0.1) is 0 Å². The van der Waals surface area contributed by atoms with E-state index < -0.39 is 4.92 Å². The first-order valence-corrected chi connectivity index (χ1v) is 5.94. The third kappa shape index (κ3) is 2.35. The van der Waals surface area contributed by atoms with Gasteiger partial charge in [-0.25, -0.2) is 4.98 Å². The summed E-state index contributed by atoms with van der Waals surface area (Å²) in [4.78, 5) is 16.7. The Morgan fingerprint density at radius 3 is 2.58 bits per heavy atom. The monoisotopic (exact) mass is 262 g/mol. The molecular weight excluding hydrogens is 248 g/mol. The van der Waals surface area contributed by atoms with Gasteiger partial charge in [-0.1, -0.05) is 0 Å². The summed E-state index contributed by atoms with van der Waals surface area (Å²) in [5.41, 5.74) is 0.914. The summed E-state index contributed by atoms with van der Waals surface area (Å²) in [5.74, 6) is 0.520. The molecule has 2 heterocycles. The zero-order valence-electron chi connectivity index (χ0n) is 10.8. The van der Waals surface area contributed by atoms with Gasteiger partial charge in [0, 0.05) is 13.1 Å². The van der Waals surface area contributed by atoms with Gasteiger partial charge in [0.2, 0.25) is 0 Å². The third-order valence-corrected chi connectivity index (χ3v) is 3.18. The van der Waals surface area contributed by atoms with Gasteiger partial charge in [-0.05, 0) is 13.8 Å². The first-order chi connectivity index (χ1) is 9.06. The molecule has 1 aromatic rings. The smallest absolute Gasteiger partial charge is 0.294 e. The van der Waals surface area contributed by atoms with Crippen LogP contribution < -0.4 is 4.90 Å². The number of morpholine rings is 1. The number of ether oxygens (including phenoxy) is 1. The van der Waals surface area contributed by atoms with E-state index in [2.05, 4.69) is 4.98 Å². The van der Waals surface area contributed by atoms with Gasteiger partial charge in [-0.3, -0.25) is 10.1 Å². The molecule has 100 valence electrons. The van der Waals surface area contributed by atoms with Gasteiger partial charge < -0.3 is 9.64 Å². The molecule has 2 rings (SSSR count). The first kappa shape index (κ1) is 13.2. The normalized spacial score (nSPS) is 15.1. The first-order valence-electron chi connectivity index (χ1n) is 5.94. The van der Waals surface area contributed by atoms with Crippen LogP contribution in [0.25, 0.3) is 0 Å². The van der Waals surface area contributed by atoms with Crippen LogP contribution in [0.2, 0.25) is 0 Å². The number of nitriles is 1. The molecule has 0 spiro atoms. The molecule has 0 atom stereocenters. The molecule has 0 saturated carbocycles. The highest BCUT2D eigenvalue weighted by molar-refractivity contribution is 5.64. The zero-order chi connectivity index (χ0) is 14.0. The van der Waals surface area contributed by atoms with Crippen molar-refractivity contribution in [3.8, 4) is 6.07 Å². The van der Waals surface area contributed by atoms with E-state index in [-0.39, 0.29) is 11.3 Å². The van der Waals surface area contributed by atoms with Crippen LogP contribution in [0, 0.1) is 35.3 Å². The average Bonchev–Trinajstić information content (AvgIpc) is 2.38. The van der Waals surface area contributed by atoms with Crippen molar-refractivity contribution in [2.45, 2.75) is 13.8 Å². The Bertz CT molecular complexity index is 559. The Morgan fingerprint density at radius 2 is 2.05 bits per heavy atom. The number of pyridine rings is 1. The number of hydrogen-bond donors (Lipinski definition) is 0. The van der Waals surface area contributed by atoms with Crippen molar-refractivity contribution in [1.82, 2.24) is 4.98 Å². The molecule has 1 fully saturated rings. The maximum atomic E-state index is 11.0. The number of hydrogen-bond acceptors (Lipinski definition) is 6. The van der Waals surface area contributed by atoms with E-state index in [1.165, 1.54) is 0 Å². The fourth-order valence-electron chi connectivity index (χ4n) is 2.23. The number of nitro groups is 1. The number of aromatic nitrogens is 1. The minimum absolute atomic E-state index is 0.0754. The van der Waals surface area contributed by atoms with Crippen molar-refractivity contribution in [2.75, 3.05) is 31.2 Å². The second-order valence-electron chi connectivity index (χ2n) is 4.34. The summed E-state index contributed by atoms with van der Waals surface area (Å²) in [6.45, 7) is 5.60. The largest absolute Gasteiger partial charge is 0.378 e. The van der Waals surface area contributed by atoms with E-state index in [1.54, 1.807) is 13.8 Å². The van der Waals surface area contributed by atoms with Crippen LogP contribution in [0.15, 0.2) is 0 Å². The standard InChI is InChI=1S/C12H14N4O3/c1-8-10(7-13)12(15-3-5-19-6-4-15)14-9(2)11(8)16(17)18/h3-6H2,1-2H3. The van der Waals surface area contributed by atoms with Gasteiger partial charge in [0.15, 0.2) is 0 Å². The van der Waals surface area contributed by atoms with Crippen molar-refractivity contribution in [3.63, 3.8) is 0 Å². The minimum atomic E-state index is -0.485. The molecule has 0 aromatic carbocycles. The third-order valence-electron chi connectivity index (χ3n) is 3.18. The quantitative estimate of drug-likeness (QED) is 0.589. The lowest BCUT2D eigenvalue weighted by molar-refractivity contribution is -0.386. The lowest BCUT2D eigenvalue weighted by Gasteiger charge is -2.29. The molecule has 0 amide bonds. The van der Waals surface area contributed by atoms with Gasteiger partial charge in [-0.2, -0.15) is 5.26 Å². The van der Waals surface area contributed by atoms with Crippen LogP contribution in [0.1, 0.15) is 16.8 Å². The molecule has 1 aliphatic heterocycles. The summed E-state index contributed by atoms with van der Waals surface area (Å²) in [6, 6.07) is 2.03. The van der Waals surface area contributed by atoms with Gasteiger partial charge in [0.1, 0.15) is 23.1 Å². The molecule has 0 aliphatic carbocycles. The zero-order valence-corrected chi connectivity index (χ0v) is 10.8. The molecule has 0 radical (unpaired) electrons. The average molecular weight is 262 g/mol. The molecule has 0 unspecified atom stereocenters. The van der Waals surface area contributed by atoms with Crippen molar-refractivity contribution in [3.05, 3.63) is 26.9 Å². The fourth-order valence-corrected chi connectivity index (χ4v) is 2.23. The van der Waals surface area contributed by atoms with Crippen molar-refractivity contribution >= 4 is 11.5 Å². The Kier molecular flexibility index (Phi) is 3.62. The van der Waals surface area contributed by atoms with Gasteiger partial charge in [0.05, 0.1) is 23.7 Å². The van der Waals surface area contributed by atoms with Gasteiger partial charge >= 0.3 is 0 Å². The molecular formula is C12H14N4O3. The molecule has 0 N–H and O–H groups in total. The summed E-state index contributed by atoms with van der Waals surface area (Å²) in [6.07, 6.45) is 0. The van der Waals surface area contributed by atoms with Crippen LogP contribution >= 0.6 is 0 Å². The number of anilines is 1. The predicted octanol–water partition coefficient (Wildman–Crippen LogP) is 1.31. The second kappa shape index (κ2) is 5.20. The fraction of sp³-hybridized carbons (Fsp3) is 0.500. The van der Waals surface area contributed by atoms with E-state index in [4.69, 9.17) is 4.74 Å². The highest BCUT2D eigenvalue weighted by atomic mass is 16.6. The highest BCUT2D eigenvalue weighted by Crippen LogP contribution is 2.30. The SMILES string of the molecule is Cc1nc(N2CCOCC2)c(C#N)c(C)c1[N+](=O)[O-]. The van der Waals surface area contributed by atoms with E-state index in [9.17, 15) is 15.4 Å². The lowest BCUT2D eigenvalue weighted by atomic mass is 10.1. The van der Waals surface area contributed by atoms with Crippen molar-refractivity contribution in [2.24, 2.45) is 0 Å². The summed E-state index contributed by atoms with van der Waals surface area (Å²) in [5, 5.41) is 20.3. The minimum Gasteiger partial charge on any atom is -0.378 e. The van der Waals surface area contributed by atoms with Crippen LogP contribution in [-0.2, 0) is 4.74 Å². The maximum Gasteiger partial charge on any atom is 0.294 e. The molecule has 7 nitrogen and oxygen atoms in total. The Balaban J connectivity index is 2.56. The highest BCUT2D eigenvalue weighted by Gasteiger charge is 2.26. The van der Waals surface area contributed by atoms with Crippen molar-refractivity contribution < 1.29 is 9.66 Å². The number of rotatable bonds is 2. The molecule has 0 bridgehead atoms. The topological polar surface area (TPSA) is 92.3 Å². The Morgan fingerprint density at radius 1 is 1.42 bits per heavy atom.